The van der Waals surface area contributed by atoms with Gasteiger partial charge in [-0.15, -0.1) is 0 Å². The number of rotatable bonds is 2. The van der Waals surface area contributed by atoms with Gasteiger partial charge in [0.2, 0.25) is 0 Å². The van der Waals surface area contributed by atoms with Gasteiger partial charge in [-0.25, -0.2) is 24.3 Å². The van der Waals surface area contributed by atoms with Gasteiger partial charge in [0.15, 0.2) is 11.0 Å². The normalized spacial score (nSPS) is 11.1. The first-order valence-corrected chi connectivity index (χ1v) is 7.19. The summed E-state index contributed by atoms with van der Waals surface area (Å²) < 4.78 is 6.99. The zero-order valence-corrected chi connectivity index (χ0v) is 11.9. The highest BCUT2D eigenvalue weighted by Crippen LogP contribution is 2.32. The van der Waals surface area contributed by atoms with Crippen LogP contribution in [0, 0.1) is 0 Å². The van der Waals surface area contributed by atoms with E-state index >= 15 is 0 Å². The van der Waals surface area contributed by atoms with Gasteiger partial charge in [0, 0.05) is 11.8 Å². The number of oxazole rings is 1. The Labute approximate surface area is 127 Å². The van der Waals surface area contributed by atoms with E-state index in [-0.39, 0.29) is 0 Å². The third-order valence-corrected chi connectivity index (χ3v) is 4.07. The van der Waals surface area contributed by atoms with E-state index in [0.717, 1.165) is 15.8 Å². The van der Waals surface area contributed by atoms with Crippen LogP contribution in [0.25, 0.3) is 27.4 Å². The van der Waals surface area contributed by atoms with Crippen molar-refractivity contribution in [2.75, 3.05) is 5.73 Å². The van der Waals surface area contributed by atoms with Crippen molar-refractivity contribution in [2.24, 2.45) is 0 Å². The molecule has 0 fully saturated rings. The SMILES string of the molecule is Nc1nc2cccc(-c3nccc(-n4ccoc4=O)n3)c2s1. The van der Waals surface area contributed by atoms with Crippen molar-refractivity contribution in [2.45, 2.75) is 0 Å². The molecule has 2 N–H and O–H groups in total. The van der Waals surface area contributed by atoms with Gasteiger partial charge in [-0.05, 0) is 18.2 Å². The number of aromatic nitrogens is 4. The van der Waals surface area contributed by atoms with Gasteiger partial charge in [-0.3, -0.25) is 0 Å². The van der Waals surface area contributed by atoms with Crippen LogP contribution in [0.5, 0.6) is 0 Å². The number of hydrogen-bond acceptors (Lipinski definition) is 7. The highest BCUT2D eigenvalue weighted by Gasteiger charge is 2.12. The Kier molecular flexibility index (Phi) is 2.76. The molecule has 4 rings (SSSR count). The average molecular weight is 311 g/mol. The molecule has 0 bridgehead atoms. The zero-order valence-electron chi connectivity index (χ0n) is 11.1. The molecular weight excluding hydrogens is 302 g/mol. The third-order valence-electron chi connectivity index (χ3n) is 3.14. The molecule has 4 aromatic rings. The monoisotopic (exact) mass is 311 g/mol. The van der Waals surface area contributed by atoms with Crippen molar-refractivity contribution < 1.29 is 4.42 Å². The van der Waals surface area contributed by atoms with Crippen molar-refractivity contribution in [3.8, 4) is 17.2 Å². The number of thiazole rings is 1. The molecule has 0 radical (unpaired) electrons. The van der Waals surface area contributed by atoms with Crippen molar-refractivity contribution in [1.82, 2.24) is 19.5 Å². The Balaban J connectivity index is 1.92. The van der Waals surface area contributed by atoms with E-state index in [1.54, 1.807) is 12.3 Å². The van der Waals surface area contributed by atoms with Gasteiger partial charge in [-0.1, -0.05) is 17.4 Å². The highest BCUT2D eigenvalue weighted by atomic mass is 32.1. The maximum absolute atomic E-state index is 11.6. The van der Waals surface area contributed by atoms with E-state index in [1.807, 2.05) is 18.2 Å². The van der Waals surface area contributed by atoms with E-state index < -0.39 is 5.76 Å². The van der Waals surface area contributed by atoms with E-state index in [4.69, 9.17) is 10.2 Å². The molecule has 0 aliphatic heterocycles. The fourth-order valence-corrected chi connectivity index (χ4v) is 3.03. The van der Waals surface area contributed by atoms with E-state index in [2.05, 4.69) is 15.0 Å². The Morgan fingerprint density at radius 1 is 1.23 bits per heavy atom. The lowest BCUT2D eigenvalue weighted by molar-refractivity contribution is 0.503. The lowest BCUT2D eigenvalue weighted by atomic mass is 10.2. The fraction of sp³-hybridized carbons (Fsp3) is 0. The predicted molar refractivity (Wildman–Crippen MR) is 82.9 cm³/mol. The molecule has 0 unspecified atom stereocenters. The van der Waals surface area contributed by atoms with Crippen LogP contribution in [0.2, 0.25) is 0 Å². The zero-order chi connectivity index (χ0) is 15.1. The van der Waals surface area contributed by atoms with Crippen LogP contribution in [-0.2, 0) is 0 Å². The Bertz CT molecular complexity index is 1030. The van der Waals surface area contributed by atoms with Crippen LogP contribution in [0.1, 0.15) is 0 Å². The third kappa shape index (κ3) is 1.97. The first-order chi connectivity index (χ1) is 10.7. The van der Waals surface area contributed by atoms with Gasteiger partial charge in [0.25, 0.3) is 0 Å². The van der Waals surface area contributed by atoms with Crippen molar-refractivity contribution >= 4 is 26.7 Å². The number of nitrogen functional groups attached to an aromatic ring is 1. The second-order valence-corrected chi connectivity index (χ2v) is 5.51. The number of benzene rings is 1. The predicted octanol–water partition coefficient (Wildman–Crippen LogP) is 2.08. The number of hydrogen-bond donors (Lipinski definition) is 1. The van der Waals surface area contributed by atoms with Gasteiger partial charge in [-0.2, -0.15) is 0 Å². The maximum atomic E-state index is 11.6. The Morgan fingerprint density at radius 2 is 2.14 bits per heavy atom. The van der Waals surface area contributed by atoms with Gasteiger partial charge < -0.3 is 10.2 Å². The van der Waals surface area contributed by atoms with Crippen LogP contribution in [0.3, 0.4) is 0 Å². The molecular formula is C14H9N5O2S. The molecule has 0 spiro atoms. The topological polar surface area (TPSA) is 99.8 Å². The molecule has 8 heteroatoms. The van der Waals surface area contributed by atoms with E-state index in [9.17, 15) is 4.79 Å². The molecule has 3 aromatic heterocycles. The Hall–Kier alpha value is -3.00. The molecule has 0 aliphatic carbocycles. The summed E-state index contributed by atoms with van der Waals surface area (Å²) in [5.41, 5.74) is 7.40. The summed E-state index contributed by atoms with van der Waals surface area (Å²) in [4.78, 5) is 24.6. The van der Waals surface area contributed by atoms with Gasteiger partial charge in [0.1, 0.15) is 12.1 Å². The van der Waals surface area contributed by atoms with Gasteiger partial charge >= 0.3 is 5.76 Å². The van der Waals surface area contributed by atoms with Crippen LogP contribution in [0.4, 0.5) is 5.13 Å². The largest absolute Gasteiger partial charge is 0.424 e. The first kappa shape index (κ1) is 12.7. The molecule has 0 amide bonds. The maximum Gasteiger partial charge on any atom is 0.424 e. The van der Waals surface area contributed by atoms with Crippen LogP contribution < -0.4 is 11.5 Å². The second-order valence-electron chi connectivity index (χ2n) is 4.48. The minimum absolute atomic E-state index is 0.443. The van der Waals surface area contributed by atoms with Crippen LogP contribution in [-0.4, -0.2) is 19.5 Å². The van der Waals surface area contributed by atoms with Crippen molar-refractivity contribution in [3.63, 3.8) is 0 Å². The molecule has 3 heterocycles. The number of fused-ring (bicyclic) bond motifs is 1. The van der Waals surface area contributed by atoms with E-state index in [0.29, 0.717) is 16.8 Å². The lowest BCUT2D eigenvalue weighted by Gasteiger charge is -2.04. The van der Waals surface area contributed by atoms with Gasteiger partial charge in [0.05, 0.1) is 16.4 Å². The van der Waals surface area contributed by atoms with Crippen LogP contribution in [0.15, 0.2) is 52.1 Å². The number of nitrogens with two attached hydrogens (primary N) is 1. The standard InChI is InChI=1S/C14H9N5O2S/c15-13-17-9-3-1-2-8(11(9)22-13)12-16-5-4-10(18-12)19-6-7-21-14(19)20/h1-7H,(H2,15,17). The summed E-state index contributed by atoms with van der Waals surface area (Å²) in [5.74, 6) is 0.447. The molecule has 0 saturated carbocycles. The summed E-state index contributed by atoms with van der Waals surface area (Å²) >= 11 is 1.38. The minimum Gasteiger partial charge on any atom is -0.416 e. The summed E-state index contributed by atoms with van der Waals surface area (Å²) in [5, 5.41) is 0.490. The number of anilines is 1. The molecule has 0 atom stereocenters. The molecule has 0 aliphatic rings. The highest BCUT2D eigenvalue weighted by molar-refractivity contribution is 7.22. The number of nitrogens with zero attached hydrogens (tertiary/aromatic N) is 4. The van der Waals surface area contributed by atoms with Crippen molar-refractivity contribution in [1.29, 1.82) is 0 Å². The smallest absolute Gasteiger partial charge is 0.416 e. The lowest BCUT2D eigenvalue weighted by Crippen LogP contribution is -2.12. The summed E-state index contributed by atoms with van der Waals surface area (Å²) in [6.45, 7) is 0. The molecule has 108 valence electrons. The van der Waals surface area contributed by atoms with Crippen molar-refractivity contribution in [3.05, 3.63) is 53.5 Å². The molecule has 0 saturated heterocycles. The quantitative estimate of drug-likeness (QED) is 0.608. The van der Waals surface area contributed by atoms with Crippen LogP contribution >= 0.6 is 11.3 Å². The average Bonchev–Trinajstić information content (AvgIpc) is 3.11. The molecule has 22 heavy (non-hydrogen) atoms. The fourth-order valence-electron chi connectivity index (χ4n) is 2.19. The first-order valence-electron chi connectivity index (χ1n) is 6.37. The summed E-state index contributed by atoms with van der Waals surface area (Å²) in [6, 6.07) is 7.30. The summed E-state index contributed by atoms with van der Waals surface area (Å²) in [6.07, 6.45) is 4.43. The van der Waals surface area contributed by atoms with E-state index in [1.165, 1.54) is 28.4 Å². The summed E-state index contributed by atoms with van der Waals surface area (Å²) in [7, 11) is 0. The minimum atomic E-state index is -0.495. The molecule has 1 aromatic carbocycles. The Morgan fingerprint density at radius 3 is 2.95 bits per heavy atom. The molecule has 7 nitrogen and oxygen atoms in total. The second kappa shape index (κ2) is 4.78.